The minimum absolute atomic E-state index is 0.0341. The molecular formula is C29H33F2N5O3. The maximum Gasteiger partial charge on any atom is 0.256 e. The van der Waals surface area contributed by atoms with Crippen LogP contribution in [0.3, 0.4) is 0 Å². The molecule has 4 aliphatic heterocycles. The van der Waals surface area contributed by atoms with Crippen LogP contribution in [-0.4, -0.2) is 89.8 Å². The van der Waals surface area contributed by atoms with Gasteiger partial charge in [0.1, 0.15) is 6.04 Å². The molecule has 8 nitrogen and oxygen atoms in total. The Morgan fingerprint density at radius 1 is 0.949 bits per heavy atom. The van der Waals surface area contributed by atoms with Crippen molar-refractivity contribution in [3.05, 3.63) is 53.1 Å². The molecule has 10 heteroatoms. The zero-order chi connectivity index (χ0) is 27.3. The van der Waals surface area contributed by atoms with E-state index in [-0.39, 0.29) is 53.5 Å². The summed E-state index contributed by atoms with van der Waals surface area (Å²) in [5.74, 6) is -2.60. The number of carbonyl (C=O) groups is 3. The summed E-state index contributed by atoms with van der Waals surface area (Å²) in [6, 6.07) is 6.97. The van der Waals surface area contributed by atoms with Crippen LogP contribution >= 0.6 is 0 Å². The first-order chi connectivity index (χ1) is 18.8. The summed E-state index contributed by atoms with van der Waals surface area (Å²) in [7, 11) is 0. The number of anilines is 1. The second kappa shape index (κ2) is 10.3. The molecule has 0 bridgehead atoms. The number of hydrogen-bond acceptors (Lipinski definition) is 5. The van der Waals surface area contributed by atoms with E-state index in [4.69, 9.17) is 0 Å². The van der Waals surface area contributed by atoms with Crippen molar-refractivity contribution >= 4 is 23.4 Å². The van der Waals surface area contributed by atoms with Crippen LogP contribution in [0.2, 0.25) is 0 Å². The highest BCUT2D eigenvalue weighted by Crippen LogP contribution is 2.33. The third kappa shape index (κ3) is 4.59. The average Bonchev–Trinajstić information content (AvgIpc) is 3.42. The summed E-state index contributed by atoms with van der Waals surface area (Å²) in [4.78, 5) is 46.2. The van der Waals surface area contributed by atoms with Gasteiger partial charge < -0.3 is 20.4 Å². The molecule has 0 aliphatic carbocycles. The molecule has 0 aromatic heterocycles. The molecule has 3 amide bonds. The normalized spacial score (nSPS) is 24.3. The fraction of sp³-hybridized carbons (Fsp3) is 0.483. The molecule has 2 aromatic rings. The van der Waals surface area contributed by atoms with E-state index in [1.165, 1.54) is 30.0 Å². The topological polar surface area (TPSA) is 85.0 Å². The van der Waals surface area contributed by atoms with Crippen molar-refractivity contribution in [3.8, 4) is 11.1 Å². The first kappa shape index (κ1) is 25.9. The highest BCUT2D eigenvalue weighted by atomic mass is 19.2. The number of aryl methyl sites for hydroxylation is 1. The zero-order valence-electron chi connectivity index (χ0n) is 22.0. The van der Waals surface area contributed by atoms with Gasteiger partial charge in [0.05, 0.1) is 23.8 Å². The van der Waals surface area contributed by atoms with Crippen LogP contribution in [0, 0.1) is 18.6 Å². The van der Waals surface area contributed by atoms with Crippen molar-refractivity contribution in [1.29, 1.82) is 0 Å². The lowest BCUT2D eigenvalue weighted by molar-refractivity contribution is -0.140. The Morgan fingerprint density at radius 2 is 1.74 bits per heavy atom. The molecule has 2 N–H and O–H groups in total. The summed E-state index contributed by atoms with van der Waals surface area (Å²) in [5.41, 5.74) is 1.13. The first-order valence-corrected chi connectivity index (χ1v) is 13.8. The molecule has 4 aliphatic rings. The molecule has 3 saturated heterocycles. The lowest BCUT2D eigenvalue weighted by Gasteiger charge is -2.42. The van der Waals surface area contributed by atoms with E-state index in [9.17, 15) is 23.2 Å². The third-order valence-corrected chi connectivity index (χ3v) is 8.71. The van der Waals surface area contributed by atoms with E-state index >= 15 is 0 Å². The Kier molecular flexibility index (Phi) is 6.84. The van der Waals surface area contributed by atoms with Crippen molar-refractivity contribution in [2.75, 3.05) is 44.6 Å². The Labute approximate surface area is 226 Å². The van der Waals surface area contributed by atoms with Gasteiger partial charge in [-0.3, -0.25) is 19.3 Å². The number of piperazine rings is 1. The SMILES string of the molecule is Cc1ccc(-c2ccc3c(c2)C(=O)N2CCN(C(=O)[C@@H]4CCCN4C4CCNCC4)C[C@@H]2C(=O)N3)c(F)c1F. The number of rotatable bonds is 3. The van der Waals surface area contributed by atoms with Crippen LogP contribution in [0.15, 0.2) is 30.3 Å². The fourth-order valence-corrected chi connectivity index (χ4v) is 6.53. The van der Waals surface area contributed by atoms with Crippen LogP contribution < -0.4 is 10.6 Å². The average molecular weight is 538 g/mol. The molecule has 0 radical (unpaired) electrons. The van der Waals surface area contributed by atoms with Gasteiger partial charge in [-0.1, -0.05) is 18.2 Å². The number of fused-ring (bicyclic) bond motifs is 2. The van der Waals surface area contributed by atoms with E-state index in [0.29, 0.717) is 23.8 Å². The Balaban J connectivity index is 1.22. The second-order valence-corrected chi connectivity index (χ2v) is 11.0. The quantitative estimate of drug-likeness (QED) is 0.629. The lowest BCUT2D eigenvalue weighted by Crippen LogP contribution is -2.62. The molecule has 2 aromatic carbocycles. The maximum absolute atomic E-state index is 14.7. The van der Waals surface area contributed by atoms with Gasteiger partial charge in [0.25, 0.3) is 5.91 Å². The van der Waals surface area contributed by atoms with Crippen molar-refractivity contribution < 1.29 is 23.2 Å². The van der Waals surface area contributed by atoms with Crippen LogP contribution in [0.5, 0.6) is 0 Å². The number of amides is 3. The van der Waals surface area contributed by atoms with Crippen LogP contribution in [0.25, 0.3) is 11.1 Å². The number of likely N-dealkylation sites (tertiary alicyclic amines) is 1. The standard InChI is InChI=1S/C29H33F2N5O3/c1-17-4-6-20(26(31)25(17)30)18-5-7-22-21(15-18)28(38)36-14-13-34(16-24(36)27(37)33-22)29(39)23-3-2-12-35(23)19-8-10-32-11-9-19/h4-7,15,19,23-24,32H,2-3,8-14,16H2,1H3,(H,33,37)/t23-,24+/m0/s1. The number of carbonyl (C=O) groups excluding carboxylic acids is 3. The number of nitrogens with one attached hydrogen (secondary N) is 2. The van der Waals surface area contributed by atoms with Gasteiger partial charge in [0.2, 0.25) is 11.8 Å². The second-order valence-electron chi connectivity index (χ2n) is 11.0. The summed E-state index contributed by atoms with van der Waals surface area (Å²) in [6.45, 7) is 5.01. The molecule has 39 heavy (non-hydrogen) atoms. The Bertz CT molecular complexity index is 1330. The zero-order valence-corrected chi connectivity index (χ0v) is 22.0. The van der Waals surface area contributed by atoms with Gasteiger partial charge in [-0.05, 0) is 75.5 Å². The van der Waals surface area contributed by atoms with Crippen LogP contribution in [0.1, 0.15) is 41.6 Å². The van der Waals surface area contributed by atoms with Crippen molar-refractivity contribution in [2.24, 2.45) is 0 Å². The molecule has 206 valence electrons. The van der Waals surface area contributed by atoms with Crippen LogP contribution in [-0.2, 0) is 9.59 Å². The molecular weight excluding hydrogens is 504 g/mol. The van der Waals surface area contributed by atoms with Gasteiger partial charge in [-0.2, -0.15) is 0 Å². The van der Waals surface area contributed by atoms with E-state index < -0.39 is 17.7 Å². The summed E-state index contributed by atoms with van der Waals surface area (Å²) in [5, 5.41) is 6.21. The van der Waals surface area contributed by atoms with E-state index in [1.807, 2.05) is 0 Å². The van der Waals surface area contributed by atoms with Gasteiger partial charge in [-0.25, -0.2) is 8.78 Å². The molecule has 0 spiro atoms. The highest BCUT2D eigenvalue weighted by molar-refractivity contribution is 6.11. The van der Waals surface area contributed by atoms with Crippen molar-refractivity contribution in [3.63, 3.8) is 0 Å². The van der Waals surface area contributed by atoms with Gasteiger partial charge in [-0.15, -0.1) is 0 Å². The van der Waals surface area contributed by atoms with Crippen molar-refractivity contribution in [1.82, 2.24) is 20.0 Å². The number of benzene rings is 2. The summed E-state index contributed by atoms with van der Waals surface area (Å²) < 4.78 is 28.9. The van der Waals surface area contributed by atoms with Gasteiger partial charge in [0.15, 0.2) is 11.6 Å². The fourth-order valence-electron chi connectivity index (χ4n) is 6.53. The third-order valence-electron chi connectivity index (χ3n) is 8.71. The predicted octanol–water partition coefficient (Wildman–Crippen LogP) is 2.76. The minimum Gasteiger partial charge on any atom is -0.337 e. The summed E-state index contributed by atoms with van der Waals surface area (Å²) >= 11 is 0. The Hall–Kier alpha value is -3.37. The highest BCUT2D eigenvalue weighted by Gasteiger charge is 2.44. The summed E-state index contributed by atoms with van der Waals surface area (Å²) in [6.07, 6.45) is 3.84. The van der Waals surface area contributed by atoms with E-state index in [0.717, 1.165) is 45.3 Å². The predicted molar refractivity (Wildman–Crippen MR) is 142 cm³/mol. The molecule has 4 heterocycles. The van der Waals surface area contributed by atoms with E-state index in [1.54, 1.807) is 17.0 Å². The van der Waals surface area contributed by atoms with Gasteiger partial charge >= 0.3 is 0 Å². The smallest absolute Gasteiger partial charge is 0.256 e. The number of piperidine rings is 1. The van der Waals surface area contributed by atoms with Crippen molar-refractivity contribution in [2.45, 2.75) is 50.7 Å². The number of halogens is 2. The van der Waals surface area contributed by atoms with Gasteiger partial charge in [0, 0.05) is 24.7 Å². The number of nitrogens with zero attached hydrogens (tertiary/aromatic N) is 3. The largest absolute Gasteiger partial charge is 0.337 e. The van der Waals surface area contributed by atoms with Crippen LogP contribution in [0.4, 0.5) is 14.5 Å². The minimum atomic E-state index is -0.976. The molecule has 2 atom stereocenters. The van der Waals surface area contributed by atoms with E-state index in [2.05, 4.69) is 15.5 Å². The first-order valence-electron chi connectivity index (χ1n) is 13.8. The Morgan fingerprint density at radius 3 is 2.54 bits per heavy atom. The molecule has 0 saturated carbocycles. The monoisotopic (exact) mass is 537 g/mol. The molecule has 3 fully saturated rings. The molecule has 0 unspecified atom stereocenters. The number of hydrogen-bond donors (Lipinski definition) is 2. The molecule has 6 rings (SSSR count). The lowest BCUT2D eigenvalue weighted by atomic mass is 9.99. The maximum atomic E-state index is 14.7.